The Morgan fingerprint density at radius 2 is 1.78 bits per heavy atom. The summed E-state index contributed by atoms with van der Waals surface area (Å²) in [4.78, 5) is 51.1. The Morgan fingerprint density at radius 3 is 2.46 bits per heavy atom. The average molecular weight is 573 g/mol. The Balaban J connectivity index is 1.23. The van der Waals surface area contributed by atoms with Gasteiger partial charge < -0.3 is 15.5 Å². The van der Waals surface area contributed by atoms with Gasteiger partial charge in [-0.2, -0.15) is 8.78 Å². The number of nitrogens with zero attached hydrogens (tertiary/aromatic N) is 1. The van der Waals surface area contributed by atoms with E-state index >= 15 is 8.78 Å². The van der Waals surface area contributed by atoms with E-state index < -0.39 is 29.8 Å². The quantitative estimate of drug-likeness (QED) is 0.443. The van der Waals surface area contributed by atoms with Crippen molar-refractivity contribution in [3.63, 3.8) is 0 Å². The van der Waals surface area contributed by atoms with Crippen LogP contribution >= 0.6 is 0 Å². The molecule has 41 heavy (non-hydrogen) atoms. The zero-order valence-corrected chi connectivity index (χ0v) is 24.1. The fourth-order valence-electron chi connectivity index (χ4n) is 7.64. The first-order valence-electron chi connectivity index (χ1n) is 15.2. The van der Waals surface area contributed by atoms with Gasteiger partial charge in [0.1, 0.15) is 6.04 Å². The Hall–Kier alpha value is -2.88. The van der Waals surface area contributed by atoms with Crippen molar-refractivity contribution >= 4 is 23.6 Å². The number of amides is 4. The van der Waals surface area contributed by atoms with E-state index in [4.69, 9.17) is 0 Å². The molecule has 5 rings (SSSR count). The van der Waals surface area contributed by atoms with Crippen molar-refractivity contribution in [2.45, 2.75) is 121 Å². The highest BCUT2D eigenvalue weighted by Crippen LogP contribution is 2.44. The third-order valence-corrected chi connectivity index (χ3v) is 9.77. The lowest BCUT2D eigenvalue weighted by Gasteiger charge is -2.52. The SMILES string of the molecule is CC(C)C1CCC(C(F)(F)C(=O)NCc2ccc3c(c2)CN(C2CCC(=O)NC2=O)C3=O)NC12CCCCCCC2. The third kappa shape index (κ3) is 5.90. The molecule has 3 aliphatic heterocycles. The number of imide groups is 1. The Kier molecular flexibility index (Phi) is 8.51. The molecule has 1 aromatic rings. The molecule has 4 aliphatic rings. The van der Waals surface area contributed by atoms with E-state index in [2.05, 4.69) is 29.8 Å². The van der Waals surface area contributed by atoms with Gasteiger partial charge >= 0.3 is 5.92 Å². The van der Waals surface area contributed by atoms with Gasteiger partial charge in [0.2, 0.25) is 11.8 Å². The molecule has 3 atom stereocenters. The number of rotatable bonds is 6. The molecule has 3 N–H and O–H groups in total. The minimum absolute atomic E-state index is 0.0964. The summed E-state index contributed by atoms with van der Waals surface area (Å²) in [6.07, 6.45) is 8.56. The highest BCUT2D eigenvalue weighted by atomic mass is 19.3. The zero-order valence-electron chi connectivity index (χ0n) is 24.1. The number of alkyl halides is 2. The first-order valence-corrected chi connectivity index (χ1v) is 15.2. The summed E-state index contributed by atoms with van der Waals surface area (Å²) in [5, 5.41) is 8.08. The summed E-state index contributed by atoms with van der Waals surface area (Å²) in [7, 11) is 0. The second kappa shape index (κ2) is 11.8. The van der Waals surface area contributed by atoms with Gasteiger partial charge in [-0.25, -0.2) is 0 Å². The van der Waals surface area contributed by atoms with Crippen LogP contribution in [0.15, 0.2) is 18.2 Å². The largest absolute Gasteiger partial charge is 0.347 e. The van der Waals surface area contributed by atoms with Crippen LogP contribution in [0.25, 0.3) is 0 Å². The van der Waals surface area contributed by atoms with Crippen LogP contribution in [0.5, 0.6) is 0 Å². The molecular formula is C31H42F2N4O4. The number of halogens is 2. The lowest BCUT2D eigenvalue weighted by Crippen LogP contribution is -2.66. The molecule has 0 radical (unpaired) electrons. The fraction of sp³-hybridized carbons (Fsp3) is 0.677. The average Bonchev–Trinajstić information content (AvgIpc) is 3.24. The van der Waals surface area contributed by atoms with Crippen LogP contribution < -0.4 is 16.0 Å². The molecule has 0 aromatic heterocycles. The van der Waals surface area contributed by atoms with Gasteiger partial charge in [0.15, 0.2) is 0 Å². The highest BCUT2D eigenvalue weighted by Gasteiger charge is 2.54. The Bertz CT molecular complexity index is 1190. The van der Waals surface area contributed by atoms with E-state index in [1.54, 1.807) is 18.2 Å². The Morgan fingerprint density at radius 1 is 1.07 bits per heavy atom. The van der Waals surface area contributed by atoms with Crippen molar-refractivity contribution in [2.24, 2.45) is 11.8 Å². The lowest BCUT2D eigenvalue weighted by atomic mass is 9.65. The van der Waals surface area contributed by atoms with E-state index in [1.807, 2.05) is 0 Å². The molecule has 0 bridgehead atoms. The molecule has 3 heterocycles. The molecule has 10 heteroatoms. The maximum absolute atomic E-state index is 15.7. The smallest absolute Gasteiger partial charge is 0.339 e. The summed E-state index contributed by atoms with van der Waals surface area (Å²) in [5.41, 5.74) is 1.34. The summed E-state index contributed by atoms with van der Waals surface area (Å²) >= 11 is 0. The molecule has 1 saturated carbocycles. The second-order valence-corrected chi connectivity index (χ2v) is 12.7. The maximum atomic E-state index is 15.7. The van der Waals surface area contributed by atoms with Crippen LogP contribution in [0.1, 0.15) is 106 Å². The topological polar surface area (TPSA) is 108 Å². The zero-order chi connectivity index (χ0) is 29.4. The molecule has 2 saturated heterocycles. The molecule has 3 unspecified atom stereocenters. The number of hydrogen-bond donors (Lipinski definition) is 3. The maximum Gasteiger partial charge on any atom is 0.339 e. The third-order valence-electron chi connectivity index (χ3n) is 9.77. The lowest BCUT2D eigenvalue weighted by molar-refractivity contribution is -0.155. The summed E-state index contributed by atoms with van der Waals surface area (Å²) in [5.74, 6) is -5.31. The molecule has 8 nitrogen and oxygen atoms in total. The number of carbonyl (C=O) groups excluding carboxylic acids is 4. The van der Waals surface area contributed by atoms with Crippen molar-refractivity contribution in [2.75, 3.05) is 0 Å². The molecule has 1 spiro atoms. The number of nitrogens with one attached hydrogen (secondary N) is 3. The van der Waals surface area contributed by atoms with Crippen molar-refractivity contribution in [1.29, 1.82) is 0 Å². The van der Waals surface area contributed by atoms with Crippen molar-refractivity contribution in [3.05, 3.63) is 34.9 Å². The van der Waals surface area contributed by atoms with Crippen LogP contribution in [-0.4, -0.2) is 52.1 Å². The summed E-state index contributed by atoms with van der Waals surface area (Å²) in [6, 6.07) is 3.02. The van der Waals surface area contributed by atoms with Crippen LogP contribution in [0, 0.1) is 11.8 Å². The van der Waals surface area contributed by atoms with Gasteiger partial charge in [-0.3, -0.25) is 24.5 Å². The normalized spacial score (nSPS) is 26.9. The minimum Gasteiger partial charge on any atom is -0.347 e. The monoisotopic (exact) mass is 572 g/mol. The van der Waals surface area contributed by atoms with Crippen molar-refractivity contribution in [1.82, 2.24) is 20.9 Å². The predicted molar refractivity (Wildman–Crippen MR) is 149 cm³/mol. The fourth-order valence-corrected chi connectivity index (χ4v) is 7.64. The molecule has 1 aliphatic carbocycles. The molecule has 3 fully saturated rings. The van der Waals surface area contributed by atoms with Crippen LogP contribution in [0.4, 0.5) is 8.78 Å². The highest BCUT2D eigenvalue weighted by molar-refractivity contribution is 6.05. The molecular weight excluding hydrogens is 530 g/mol. The number of fused-ring (bicyclic) bond motifs is 1. The number of benzene rings is 1. The van der Waals surface area contributed by atoms with E-state index in [9.17, 15) is 19.2 Å². The second-order valence-electron chi connectivity index (χ2n) is 12.7. The van der Waals surface area contributed by atoms with Crippen LogP contribution in [-0.2, 0) is 27.5 Å². The Labute approximate surface area is 240 Å². The van der Waals surface area contributed by atoms with Gasteiger partial charge in [-0.1, -0.05) is 58.1 Å². The van der Waals surface area contributed by atoms with E-state index in [1.165, 1.54) is 11.3 Å². The molecule has 224 valence electrons. The van der Waals surface area contributed by atoms with Crippen molar-refractivity contribution in [3.8, 4) is 0 Å². The van der Waals surface area contributed by atoms with Crippen LogP contribution in [0.3, 0.4) is 0 Å². The standard InChI is InChI=1S/C31H42F2N4O4/c1-19(2)23-10-12-25(36-30(23)14-6-4-3-5-7-15-30)31(32,33)29(41)34-17-20-8-9-22-21(16-20)18-37(28(22)40)24-11-13-26(38)35-27(24)39/h8-9,16,19,23-25,36H,3-7,10-15,17-18H2,1-2H3,(H,34,41)(H,35,38,39). The molecule has 4 amide bonds. The van der Waals surface area contributed by atoms with Gasteiger partial charge in [0.25, 0.3) is 11.8 Å². The van der Waals surface area contributed by atoms with Crippen LogP contribution in [0.2, 0.25) is 0 Å². The first-order chi connectivity index (χ1) is 19.5. The van der Waals surface area contributed by atoms with Gasteiger partial charge in [-0.05, 0) is 61.1 Å². The molecule has 1 aromatic carbocycles. The predicted octanol–water partition coefficient (Wildman–Crippen LogP) is 4.21. The van der Waals surface area contributed by atoms with Crippen molar-refractivity contribution < 1.29 is 28.0 Å². The summed E-state index contributed by atoms with van der Waals surface area (Å²) < 4.78 is 31.3. The number of piperidine rings is 2. The van der Waals surface area contributed by atoms with E-state index in [0.29, 0.717) is 34.9 Å². The number of carbonyl (C=O) groups is 4. The number of hydrogen-bond acceptors (Lipinski definition) is 5. The summed E-state index contributed by atoms with van der Waals surface area (Å²) in [6.45, 7) is 4.43. The van der Waals surface area contributed by atoms with Gasteiger partial charge in [0.05, 0.1) is 6.04 Å². The van der Waals surface area contributed by atoms with E-state index in [0.717, 1.165) is 38.5 Å². The van der Waals surface area contributed by atoms with Gasteiger partial charge in [-0.15, -0.1) is 0 Å². The van der Waals surface area contributed by atoms with E-state index in [-0.39, 0.29) is 49.7 Å². The minimum atomic E-state index is -3.56. The van der Waals surface area contributed by atoms with Gasteiger partial charge in [0, 0.05) is 30.6 Å². The first kappa shape index (κ1) is 29.6.